The summed E-state index contributed by atoms with van der Waals surface area (Å²) in [6, 6.07) is 6.17. The molecule has 0 amide bonds. The first-order chi connectivity index (χ1) is 13.3. The maximum Gasteiger partial charge on any atom is 0.115 e. The van der Waals surface area contributed by atoms with E-state index < -0.39 is 0 Å². The normalized spacial score (nSPS) is 36.8. The van der Waals surface area contributed by atoms with E-state index in [1.165, 1.54) is 37.7 Å². The van der Waals surface area contributed by atoms with E-state index in [0.717, 1.165) is 36.0 Å². The molecule has 1 heteroatoms. The van der Waals surface area contributed by atoms with Gasteiger partial charge in [0, 0.05) is 0 Å². The van der Waals surface area contributed by atoms with Gasteiger partial charge in [0.2, 0.25) is 0 Å². The number of aromatic hydroxyl groups is 1. The van der Waals surface area contributed by atoms with E-state index in [4.69, 9.17) is 0 Å². The lowest BCUT2D eigenvalue weighted by Gasteiger charge is -2.51. The van der Waals surface area contributed by atoms with Gasteiger partial charge in [-0.2, -0.15) is 0 Å². The van der Waals surface area contributed by atoms with Crippen molar-refractivity contribution in [3.8, 4) is 5.75 Å². The number of fused-ring (bicyclic) bond motifs is 5. The third kappa shape index (κ3) is 3.33. The van der Waals surface area contributed by atoms with Crippen molar-refractivity contribution in [3.63, 3.8) is 0 Å². The summed E-state index contributed by atoms with van der Waals surface area (Å²) in [5.74, 6) is 5.85. The van der Waals surface area contributed by atoms with E-state index in [-0.39, 0.29) is 0 Å². The van der Waals surface area contributed by atoms with Crippen LogP contribution >= 0.6 is 0 Å². The van der Waals surface area contributed by atoms with Crippen LogP contribution in [0.4, 0.5) is 0 Å². The van der Waals surface area contributed by atoms with Crippen LogP contribution in [0.5, 0.6) is 5.75 Å². The Morgan fingerprint density at radius 3 is 2.57 bits per heavy atom. The Morgan fingerprint density at radius 1 is 1.04 bits per heavy atom. The highest BCUT2D eigenvalue weighted by atomic mass is 16.3. The molecule has 0 radical (unpaired) electrons. The molecule has 0 aliphatic heterocycles. The molecular weight excluding hydrogens is 340 g/mol. The first-order valence-corrected chi connectivity index (χ1v) is 11.8. The molecule has 0 unspecified atom stereocenters. The fourth-order valence-corrected chi connectivity index (χ4v) is 7.18. The molecule has 0 heterocycles. The minimum atomic E-state index is 0.440. The SMILES string of the molecule is CC(C)[C@@H](C)C=C[C@@H](C)[C@H]1CC[C@H]2[C@@H]3CCc4cc(O)ccc4[C@H]3CC[C@]12C. The zero-order valence-electron chi connectivity index (χ0n) is 18.6. The monoisotopic (exact) mass is 380 g/mol. The highest BCUT2D eigenvalue weighted by molar-refractivity contribution is 5.40. The lowest BCUT2D eigenvalue weighted by Crippen LogP contribution is -2.43. The Balaban J connectivity index is 1.53. The van der Waals surface area contributed by atoms with Gasteiger partial charge in [0.1, 0.15) is 5.75 Å². The van der Waals surface area contributed by atoms with Crippen molar-refractivity contribution in [1.29, 1.82) is 0 Å². The molecule has 4 rings (SSSR count). The zero-order valence-corrected chi connectivity index (χ0v) is 18.6. The van der Waals surface area contributed by atoms with E-state index in [2.05, 4.69) is 52.8 Å². The Morgan fingerprint density at radius 2 is 1.82 bits per heavy atom. The fourth-order valence-electron chi connectivity index (χ4n) is 7.18. The number of benzene rings is 1. The van der Waals surface area contributed by atoms with Gasteiger partial charge in [-0.05, 0) is 109 Å². The lowest BCUT2D eigenvalue weighted by atomic mass is 9.53. The molecule has 0 aromatic heterocycles. The van der Waals surface area contributed by atoms with Crippen LogP contribution in [0.25, 0.3) is 0 Å². The topological polar surface area (TPSA) is 20.2 Å². The van der Waals surface area contributed by atoms with Gasteiger partial charge in [-0.15, -0.1) is 0 Å². The summed E-state index contributed by atoms with van der Waals surface area (Å²) in [6.45, 7) is 12.1. The third-order valence-electron chi connectivity index (χ3n) is 9.19. The largest absolute Gasteiger partial charge is 0.508 e. The van der Waals surface area contributed by atoms with Crippen LogP contribution < -0.4 is 0 Å². The second kappa shape index (κ2) is 7.54. The summed E-state index contributed by atoms with van der Waals surface area (Å²) in [6.07, 6.45) is 13.1. The second-order valence-corrected chi connectivity index (χ2v) is 10.9. The molecule has 1 aromatic carbocycles. The highest BCUT2D eigenvalue weighted by Crippen LogP contribution is 2.64. The standard InChI is InChI=1S/C27H40O/c1-17(2)18(3)6-7-19(4)25-12-13-26-24-10-8-20-16-21(28)9-11-22(20)23(24)14-15-27(25,26)5/h6-7,9,11,16-19,23-26,28H,8,10,12-15H2,1-5H3/t18-,19+,23+,24+,25+,26-,27+/m0/s1. The fraction of sp³-hybridized carbons (Fsp3) is 0.704. The van der Waals surface area contributed by atoms with Crippen LogP contribution in [0.1, 0.15) is 83.8 Å². The molecule has 1 aromatic rings. The Hall–Kier alpha value is -1.24. The summed E-state index contributed by atoms with van der Waals surface area (Å²) in [7, 11) is 0. The van der Waals surface area contributed by atoms with E-state index in [1.807, 2.05) is 12.1 Å². The Kier molecular flexibility index (Phi) is 5.40. The molecule has 0 bridgehead atoms. The predicted molar refractivity (Wildman–Crippen MR) is 119 cm³/mol. The van der Waals surface area contributed by atoms with Gasteiger partial charge < -0.3 is 5.11 Å². The molecule has 7 atom stereocenters. The number of hydrogen-bond acceptors (Lipinski definition) is 1. The summed E-state index contributed by atoms with van der Waals surface area (Å²) in [4.78, 5) is 0. The van der Waals surface area contributed by atoms with Crippen molar-refractivity contribution in [2.75, 3.05) is 0 Å². The molecule has 2 fully saturated rings. The summed E-state index contributed by atoms with van der Waals surface area (Å²) in [5.41, 5.74) is 3.48. The second-order valence-electron chi connectivity index (χ2n) is 10.9. The van der Waals surface area contributed by atoms with Crippen molar-refractivity contribution in [2.24, 2.45) is 40.9 Å². The van der Waals surface area contributed by atoms with Crippen LogP contribution in [0, 0.1) is 40.9 Å². The van der Waals surface area contributed by atoms with Crippen LogP contribution in [0.2, 0.25) is 0 Å². The molecule has 3 aliphatic rings. The summed E-state index contributed by atoms with van der Waals surface area (Å²) in [5, 5.41) is 9.89. The van der Waals surface area contributed by atoms with Crippen molar-refractivity contribution in [1.82, 2.24) is 0 Å². The number of rotatable bonds is 4. The van der Waals surface area contributed by atoms with Crippen LogP contribution in [0.3, 0.4) is 0 Å². The van der Waals surface area contributed by atoms with Crippen LogP contribution in [0.15, 0.2) is 30.4 Å². The molecule has 2 saturated carbocycles. The molecule has 154 valence electrons. The number of hydrogen-bond donors (Lipinski definition) is 1. The van der Waals surface area contributed by atoms with Gasteiger partial charge in [-0.3, -0.25) is 0 Å². The van der Waals surface area contributed by atoms with E-state index in [1.54, 1.807) is 5.56 Å². The number of allylic oxidation sites excluding steroid dienone is 2. The van der Waals surface area contributed by atoms with Crippen molar-refractivity contribution in [3.05, 3.63) is 41.5 Å². The first kappa shape index (κ1) is 20.0. The average Bonchev–Trinajstić information content (AvgIpc) is 3.02. The Labute approximate surface area is 172 Å². The van der Waals surface area contributed by atoms with E-state index in [0.29, 0.717) is 23.0 Å². The molecule has 1 N–H and O–H groups in total. The lowest BCUT2D eigenvalue weighted by molar-refractivity contribution is 0.0178. The minimum absolute atomic E-state index is 0.440. The average molecular weight is 381 g/mol. The van der Waals surface area contributed by atoms with Crippen molar-refractivity contribution >= 4 is 0 Å². The minimum Gasteiger partial charge on any atom is -0.508 e. The van der Waals surface area contributed by atoms with Gasteiger partial charge in [0.15, 0.2) is 0 Å². The maximum absolute atomic E-state index is 9.89. The molecule has 0 saturated heterocycles. The van der Waals surface area contributed by atoms with Crippen molar-refractivity contribution in [2.45, 2.75) is 79.1 Å². The third-order valence-corrected chi connectivity index (χ3v) is 9.19. The highest BCUT2D eigenvalue weighted by Gasteiger charge is 2.55. The van der Waals surface area contributed by atoms with Gasteiger partial charge in [-0.25, -0.2) is 0 Å². The van der Waals surface area contributed by atoms with Crippen LogP contribution in [-0.2, 0) is 6.42 Å². The number of aryl methyl sites for hydroxylation is 1. The van der Waals surface area contributed by atoms with Crippen LogP contribution in [-0.4, -0.2) is 5.11 Å². The molecular formula is C27H40O. The molecule has 1 nitrogen and oxygen atoms in total. The molecule has 3 aliphatic carbocycles. The van der Waals surface area contributed by atoms with E-state index >= 15 is 0 Å². The maximum atomic E-state index is 9.89. The van der Waals surface area contributed by atoms with Gasteiger partial charge in [0.05, 0.1) is 0 Å². The van der Waals surface area contributed by atoms with Gasteiger partial charge in [-0.1, -0.05) is 52.8 Å². The predicted octanol–water partition coefficient (Wildman–Crippen LogP) is 7.35. The molecule has 28 heavy (non-hydrogen) atoms. The zero-order chi connectivity index (χ0) is 20.1. The number of phenols is 1. The quantitative estimate of drug-likeness (QED) is 0.541. The summed E-state index contributed by atoms with van der Waals surface area (Å²) < 4.78 is 0. The van der Waals surface area contributed by atoms with Gasteiger partial charge >= 0.3 is 0 Å². The summed E-state index contributed by atoms with van der Waals surface area (Å²) >= 11 is 0. The first-order valence-electron chi connectivity index (χ1n) is 11.8. The van der Waals surface area contributed by atoms with Crippen molar-refractivity contribution < 1.29 is 5.11 Å². The van der Waals surface area contributed by atoms with Gasteiger partial charge in [0.25, 0.3) is 0 Å². The number of phenolic OH excluding ortho intramolecular Hbond substituents is 1. The molecule has 0 spiro atoms. The van der Waals surface area contributed by atoms with E-state index in [9.17, 15) is 5.11 Å². The Bertz CT molecular complexity index is 732. The smallest absolute Gasteiger partial charge is 0.115 e.